The van der Waals surface area contributed by atoms with Crippen LogP contribution in [0.5, 0.6) is 5.75 Å². The van der Waals surface area contributed by atoms with E-state index >= 15 is 0 Å². The number of anilines is 1. The Kier molecular flexibility index (Phi) is 5.08. The van der Waals surface area contributed by atoms with Crippen LogP contribution in [0.2, 0.25) is 0 Å². The van der Waals surface area contributed by atoms with Crippen LogP contribution in [0, 0.1) is 5.82 Å². The molecule has 4 aromatic rings. The molecule has 0 amide bonds. The summed E-state index contributed by atoms with van der Waals surface area (Å²) in [7, 11) is 0. The summed E-state index contributed by atoms with van der Waals surface area (Å²) in [4.78, 5) is 4.48. The van der Waals surface area contributed by atoms with E-state index in [4.69, 9.17) is 5.73 Å². The molecule has 5 heteroatoms. The molecular weight excluding hydrogens is 371 g/mol. The summed E-state index contributed by atoms with van der Waals surface area (Å²) in [6, 6.07) is 22.0. The van der Waals surface area contributed by atoms with E-state index in [1.807, 2.05) is 29.6 Å². The lowest BCUT2D eigenvalue weighted by molar-refractivity contribution is 0.475. The molecule has 140 valence electrons. The largest absolute Gasteiger partial charge is 0.508 e. The quantitative estimate of drug-likeness (QED) is 0.465. The van der Waals surface area contributed by atoms with Crippen LogP contribution in [0.1, 0.15) is 22.7 Å². The number of hydrogen-bond acceptors (Lipinski definition) is 4. The maximum Gasteiger partial charge on any atom is 0.180 e. The van der Waals surface area contributed by atoms with Gasteiger partial charge in [0.1, 0.15) is 11.6 Å². The molecule has 4 rings (SSSR count). The van der Waals surface area contributed by atoms with Gasteiger partial charge in [0.05, 0.1) is 5.69 Å². The average molecular weight is 390 g/mol. The first-order valence-electron chi connectivity index (χ1n) is 8.93. The topological polar surface area (TPSA) is 59.1 Å². The molecule has 1 heterocycles. The van der Waals surface area contributed by atoms with Gasteiger partial charge in [0.2, 0.25) is 0 Å². The van der Waals surface area contributed by atoms with E-state index in [0.717, 1.165) is 34.4 Å². The number of halogens is 1. The van der Waals surface area contributed by atoms with Crippen LogP contribution in [0.3, 0.4) is 0 Å². The molecule has 0 spiro atoms. The van der Waals surface area contributed by atoms with Gasteiger partial charge in [0.25, 0.3) is 0 Å². The van der Waals surface area contributed by atoms with Gasteiger partial charge in [-0.25, -0.2) is 9.37 Å². The lowest BCUT2D eigenvalue weighted by Gasteiger charge is -2.16. The number of benzene rings is 3. The Balaban J connectivity index is 1.61. The van der Waals surface area contributed by atoms with Crippen molar-refractivity contribution in [3.8, 4) is 16.9 Å². The van der Waals surface area contributed by atoms with E-state index in [-0.39, 0.29) is 17.5 Å². The minimum atomic E-state index is -0.236. The summed E-state index contributed by atoms with van der Waals surface area (Å²) >= 11 is 1.43. The Morgan fingerprint density at radius 1 is 0.893 bits per heavy atom. The highest BCUT2D eigenvalue weighted by Gasteiger charge is 2.18. The first-order chi connectivity index (χ1) is 13.6. The number of nitrogen functional groups attached to an aromatic ring is 1. The third-order valence-electron chi connectivity index (χ3n) is 4.76. The van der Waals surface area contributed by atoms with Crippen LogP contribution < -0.4 is 5.73 Å². The molecule has 1 atom stereocenters. The minimum absolute atomic E-state index is 0.0471. The third kappa shape index (κ3) is 4.05. The van der Waals surface area contributed by atoms with Gasteiger partial charge in [-0.2, -0.15) is 0 Å². The molecule has 0 saturated carbocycles. The first kappa shape index (κ1) is 18.2. The predicted molar refractivity (Wildman–Crippen MR) is 112 cm³/mol. The number of hydrogen-bond donors (Lipinski definition) is 2. The fourth-order valence-corrected chi connectivity index (χ4v) is 3.89. The first-order valence-corrected chi connectivity index (χ1v) is 9.81. The Labute approximate surface area is 166 Å². The Bertz CT molecular complexity index is 1060. The number of rotatable bonds is 5. The summed E-state index contributed by atoms with van der Waals surface area (Å²) in [6.45, 7) is 0. The highest BCUT2D eigenvalue weighted by molar-refractivity contribution is 7.13. The molecule has 1 aromatic heterocycles. The monoisotopic (exact) mass is 390 g/mol. The Morgan fingerprint density at radius 3 is 2.07 bits per heavy atom. The third-order valence-corrected chi connectivity index (χ3v) is 5.46. The SMILES string of the molecule is Nc1nc([C@@H](Cc2ccc(-c3ccc(F)cc3)cc2)c2ccc(O)cc2)cs1. The van der Waals surface area contributed by atoms with Crippen LogP contribution in [-0.2, 0) is 6.42 Å². The Morgan fingerprint density at radius 2 is 1.50 bits per heavy atom. The highest BCUT2D eigenvalue weighted by atomic mass is 32.1. The van der Waals surface area contributed by atoms with E-state index in [1.165, 1.54) is 23.5 Å². The molecule has 3 nitrogen and oxygen atoms in total. The van der Waals surface area contributed by atoms with E-state index in [0.29, 0.717) is 5.13 Å². The summed E-state index contributed by atoms with van der Waals surface area (Å²) in [5.41, 5.74) is 11.0. The molecule has 0 saturated heterocycles. The maximum atomic E-state index is 13.1. The molecule has 0 aliphatic heterocycles. The van der Waals surface area contributed by atoms with E-state index in [9.17, 15) is 9.50 Å². The molecule has 0 aliphatic rings. The number of nitrogens with two attached hydrogens (primary N) is 1. The molecular formula is C23H19FN2OS. The second-order valence-electron chi connectivity index (χ2n) is 6.66. The Hall–Kier alpha value is -3.18. The van der Waals surface area contributed by atoms with Gasteiger partial charge in [-0.1, -0.05) is 48.5 Å². The summed E-state index contributed by atoms with van der Waals surface area (Å²) in [5, 5.41) is 12.1. The number of thiazole rings is 1. The van der Waals surface area contributed by atoms with E-state index in [2.05, 4.69) is 17.1 Å². The van der Waals surface area contributed by atoms with Gasteiger partial charge in [0, 0.05) is 11.3 Å². The van der Waals surface area contributed by atoms with Crippen molar-refractivity contribution < 1.29 is 9.50 Å². The fourth-order valence-electron chi connectivity index (χ4n) is 3.27. The van der Waals surface area contributed by atoms with Crippen LogP contribution >= 0.6 is 11.3 Å². The van der Waals surface area contributed by atoms with Crippen molar-refractivity contribution in [2.75, 3.05) is 5.73 Å². The van der Waals surface area contributed by atoms with Crippen molar-refractivity contribution in [3.63, 3.8) is 0 Å². The number of nitrogens with zero attached hydrogens (tertiary/aromatic N) is 1. The second kappa shape index (κ2) is 7.82. The normalized spacial score (nSPS) is 12.0. The summed E-state index contributed by atoms with van der Waals surface area (Å²) in [6.07, 6.45) is 0.762. The molecule has 0 bridgehead atoms. The highest BCUT2D eigenvalue weighted by Crippen LogP contribution is 2.32. The predicted octanol–water partition coefficient (Wildman–Crippen LogP) is 5.61. The average Bonchev–Trinajstić information content (AvgIpc) is 3.14. The van der Waals surface area contributed by atoms with E-state index < -0.39 is 0 Å². The van der Waals surface area contributed by atoms with Crippen molar-refractivity contribution in [3.05, 3.63) is 101 Å². The van der Waals surface area contributed by atoms with Crippen molar-refractivity contribution in [1.29, 1.82) is 0 Å². The zero-order valence-electron chi connectivity index (χ0n) is 15.0. The zero-order chi connectivity index (χ0) is 19.5. The number of phenols is 1. The van der Waals surface area contributed by atoms with Gasteiger partial charge in [-0.3, -0.25) is 0 Å². The standard InChI is InChI=1S/C23H19FN2OS/c24-19-9-5-17(6-10-19)16-3-1-15(2-4-16)13-21(22-14-28-23(25)26-22)18-7-11-20(27)12-8-18/h1-12,14,21,27H,13H2,(H2,25,26)/t21-/m0/s1. The van der Waals surface area contributed by atoms with Gasteiger partial charge in [-0.05, 0) is 52.9 Å². The molecule has 3 N–H and O–H groups in total. The molecule has 0 unspecified atom stereocenters. The van der Waals surface area contributed by atoms with Crippen molar-refractivity contribution in [2.24, 2.45) is 0 Å². The van der Waals surface area contributed by atoms with Crippen molar-refractivity contribution in [2.45, 2.75) is 12.3 Å². The molecule has 3 aromatic carbocycles. The zero-order valence-corrected chi connectivity index (χ0v) is 15.9. The smallest absolute Gasteiger partial charge is 0.180 e. The number of aromatic nitrogens is 1. The van der Waals surface area contributed by atoms with Crippen molar-refractivity contribution >= 4 is 16.5 Å². The van der Waals surface area contributed by atoms with Crippen LogP contribution in [0.15, 0.2) is 78.2 Å². The molecule has 28 heavy (non-hydrogen) atoms. The van der Waals surface area contributed by atoms with Crippen LogP contribution in [0.4, 0.5) is 9.52 Å². The summed E-state index contributed by atoms with van der Waals surface area (Å²) in [5.74, 6) is 0.0504. The molecule has 0 aliphatic carbocycles. The number of aromatic hydroxyl groups is 1. The molecule has 0 fully saturated rings. The summed E-state index contributed by atoms with van der Waals surface area (Å²) < 4.78 is 13.1. The second-order valence-corrected chi connectivity index (χ2v) is 7.55. The maximum absolute atomic E-state index is 13.1. The lowest BCUT2D eigenvalue weighted by Crippen LogP contribution is -2.06. The van der Waals surface area contributed by atoms with Crippen LogP contribution in [-0.4, -0.2) is 10.1 Å². The van der Waals surface area contributed by atoms with Gasteiger partial charge in [0.15, 0.2) is 5.13 Å². The fraction of sp³-hybridized carbons (Fsp3) is 0.0870. The van der Waals surface area contributed by atoms with Gasteiger partial charge >= 0.3 is 0 Å². The van der Waals surface area contributed by atoms with E-state index in [1.54, 1.807) is 24.3 Å². The lowest BCUT2D eigenvalue weighted by atomic mass is 9.89. The van der Waals surface area contributed by atoms with Crippen molar-refractivity contribution in [1.82, 2.24) is 4.98 Å². The molecule has 0 radical (unpaired) electrons. The number of phenolic OH excluding ortho intramolecular Hbond substituents is 1. The van der Waals surface area contributed by atoms with Gasteiger partial charge in [-0.15, -0.1) is 11.3 Å². The van der Waals surface area contributed by atoms with Crippen LogP contribution in [0.25, 0.3) is 11.1 Å². The van der Waals surface area contributed by atoms with Gasteiger partial charge < -0.3 is 10.8 Å². The minimum Gasteiger partial charge on any atom is -0.508 e.